The van der Waals surface area contributed by atoms with Gasteiger partial charge in [0.25, 0.3) is 0 Å². The SMILES string of the molecule is CC(=O)c1c(C)nn(C)c1C(=O)Cc1ccccc1. The molecule has 0 spiro atoms. The Balaban J connectivity index is 2.37. The number of ketones is 2. The van der Waals surface area contributed by atoms with Gasteiger partial charge in [-0.1, -0.05) is 30.3 Å². The third-order valence-corrected chi connectivity index (χ3v) is 3.05. The molecule has 0 bridgehead atoms. The maximum atomic E-state index is 12.4. The predicted octanol–water partition coefficient (Wildman–Crippen LogP) is 2.36. The molecule has 2 rings (SSSR count). The summed E-state index contributed by atoms with van der Waals surface area (Å²) in [6.07, 6.45) is 0.278. The van der Waals surface area contributed by atoms with Crippen molar-refractivity contribution in [2.45, 2.75) is 20.3 Å². The molecule has 0 saturated heterocycles. The molecular formula is C15H16N2O2. The van der Waals surface area contributed by atoms with E-state index in [0.29, 0.717) is 17.0 Å². The fourth-order valence-corrected chi connectivity index (χ4v) is 2.26. The molecule has 19 heavy (non-hydrogen) atoms. The summed E-state index contributed by atoms with van der Waals surface area (Å²) >= 11 is 0. The summed E-state index contributed by atoms with van der Waals surface area (Å²) in [5.41, 5.74) is 2.37. The fourth-order valence-electron chi connectivity index (χ4n) is 2.26. The number of hydrogen-bond donors (Lipinski definition) is 0. The van der Waals surface area contributed by atoms with Crippen LogP contribution in [0.25, 0.3) is 0 Å². The smallest absolute Gasteiger partial charge is 0.185 e. The fraction of sp³-hybridized carbons (Fsp3) is 0.267. The van der Waals surface area contributed by atoms with Crippen LogP contribution in [0.5, 0.6) is 0 Å². The number of aryl methyl sites for hydroxylation is 2. The minimum Gasteiger partial charge on any atom is -0.294 e. The quantitative estimate of drug-likeness (QED) is 0.789. The van der Waals surface area contributed by atoms with Crippen molar-refractivity contribution in [2.75, 3.05) is 0 Å². The molecular weight excluding hydrogens is 240 g/mol. The van der Waals surface area contributed by atoms with Gasteiger partial charge in [-0.2, -0.15) is 5.10 Å². The lowest BCUT2D eigenvalue weighted by Crippen LogP contribution is -2.13. The van der Waals surface area contributed by atoms with Gasteiger partial charge in [-0.05, 0) is 19.4 Å². The topological polar surface area (TPSA) is 52.0 Å². The molecule has 0 N–H and O–H groups in total. The molecule has 1 heterocycles. The van der Waals surface area contributed by atoms with Crippen LogP contribution in [0, 0.1) is 6.92 Å². The summed E-state index contributed by atoms with van der Waals surface area (Å²) in [5.74, 6) is -0.207. The highest BCUT2D eigenvalue weighted by atomic mass is 16.1. The third kappa shape index (κ3) is 2.62. The zero-order chi connectivity index (χ0) is 14.0. The number of carbonyl (C=O) groups excluding carboxylic acids is 2. The Bertz CT molecular complexity index is 627. The van der Waals surface area contributed by atoms with Gasteiger partial charge >= 0.3 is 0 Å². The normalized spacial score (nSPS) is 10.5. The second-order valence-electron chi connectivity index (χ2n) is 4.57. The average Bonchev–Trinajstić information content (AvgIpc) is 2.65. The molecule has 0 saturated carbocycles. The van der Waals surface area contributed by atoms with Crippen molar-refractivity contribution >= 4 is 11.6 Å². The van der Waals surface area contributed by atoms with E-state index in [1.54, 1.807) is 14.0 Å². The lowest BCUT2D eigenvalue weighted by atomic mass is 10.0. The zero-order valence-corrected chi connectivity index (χ0v) is 11.3. The van der Waals surface area contributed by atoms with E-state index in [2.05, 4.69) is 5.10 Å². The average molecular weight is 256 g/mol. The van der Waals surface area contributed by atoms with Crippen LogP contribution in [-0.2, 0) is 13.5 Å². The number of benzene rings is 1. The molecule has 0 aliphatic heterocycles. The van der Waals surface area contributed by atoms with E-state index in [-0.39, 0.29) is 18.0 Å². The van der Waals surface area contributed by atoms with Gasteiger partial charge < -0.3 is 0 Å². The van der Waals surface area contributed by atoms with Crippen LogP contribution >= 0.6 is 0 Å². The van der Waals surface area contributed by atoms with Crippen molar-refractivity contribution in [3.63, 3.8) is 0 Å². The van der Waals surface area contributed by atoms with Crippen molar-refractivity contribution in [3.8, 4) is 0 Å². The maximum absolute atomic E-state index is 12.4. The first-order chi connectivity index (χ1) is 9.00. The molecule has 0 atom stereocenters. The first-order valence-corrected chi connectivity index (χ1v) is 6.12. The number of hydrogen-bond acceptors (Lipinski definition) is 3. The highest BCUT2D eigenvalue weighted by Gasteiger charge is 2.22. The van der Waals surface area contributed by atoms with Crippen LogP contribution in [0.15, 0.2) is 30.3 Å². The van der Waals surface area contributed by atoms with E-state index in [9.17, 15) is 9.59 Å². The summed E-state index contributed by atoms with van der Waals surface area (Å²) in [4.78, 5) is 24.0. The Hall–Kier alpha value is -2.23. The highest BCUT2D eigenvalue weighted by Crippen LogP contribution is 2.16. The molecule has 98 valence electrons. The van der Waals surface area contributed by atoms with Gasteiger partial charge in [-0.3, -0.25) is 14.3 Å². The first-order valence-electron chi connectivity index (χ1n) is 6.12. The van der Waals surface area contributed by atoms with Crippen LogP contribution < -0.4 is 0 Å². The minimum atomic E-state index is -0.123. The first kappa shape index (κ1) is 13.2. The molecule has 2 aromatic rings. The van der Waals surface area contributed by atoms with Gasteiger partial charge in [0.2, 0.25) is 0 Å². The van der Waals surface area contributed by atoms with Gasteiger partial charge in [0.05, 0.1) is 11.3 Å². The predicted molar refractivity (Wildman–Crippen MR) is 72.4 cm³/mol. The van der Waals surface area contributed by atoms with Crippen molar-refractivity contribution in [1.82, 2.24) is 9.78 Å². The molecule has 1 aromatic carbocycles. The maximum Gasteiger partial charge on any atom is 0.185 e. The number of Topliss-reactive ketones (excluding diaryl/α,β-unsaturated/α-hetero) is 2. The summed E-state index contributed by atoms with van der Waals surface area (Å²) in [6.45, 7) is 3.21. The lowest BCUT2D eigenvalue weighted by molar-refractivity contribution is 0.0962. The van der Waals surface area contributed by atoms with Crippen LogP contribution in [0.4, 0.5) is 0 Å². The molecule has 4 nitrogen and oxygen atoms in total. The number of carbonyl (C=O) groups is 2. The van der Waals surface area contributed by atoms with Gasteiger partial charge in [-0.15, -0.1) is 0 Å². The molecule has 0 aliphatic carbocycles. The second kappa shape index (κ2) is 5.18. The van der Waals surface area contributed by atoms with E-state index in [1.165, 1.54) is 11.6 Å². The zero-order valence-electron chi connectivity index (χ0n) is 11.3. The Morgan fingerprint density at radius 1 is 1.21 bits per heavy atom. The van der Waals surface area contributed by atoms with Crippen LogP contribution in [0.1, 0.15) is 39.0 Å². The summed E-state index contributed by atoms with van der Waals surface area (Å²) in [5, 5.41) is 4.17. The Kier molecular flexibility index (Phi) is 3.60. The minimum absolute atomic E-state index is 0.0838. The van der Waals surface area contributed by atoms with E-state index in [4.69, 9.17) is 0 Å². The van der Waals surface area contributed by atoms with E-state index < -0.39 is 0 Å². The number of rotatable bonds is 4. The van der Waals surface area contributed by atoms with Gasteiger partial charge in [-0.25, -0.2) is 0 Å². The molecule has 1 aromatic heterocycles. The van der Waals surface area contributed by atoms with Crippen LogP contribution in [0.2, 0.25) is 0 Å². The summed E-state index contributed by atoms with van der Waals surface area (Å²) in [6, 6.07) is 9.48. The van der Waals surface area contributed by atoms with Gasteiger partial charge in [0.15, 0.2) is 11.6 Å². The highest BCUT2D eigenvalue weighted by molar-refractivity contribution is 6.08. The molecule has 4 heteroatoms. The monoisotopic (exact) mass is 256 g/mol. The van der Waals surface area contributed by atoms with Crippen LogP contribution in [-0.4, -0.2) is 21.3 Å². The summed E-state index contributed by atoms with van der Waals surface area (Å²) < 4.78 is 1.50. The van der Waals surface area contributed by atoms with Gasteiger partial charge in [0.1, 0.15) is 5.69 Å². The third-order valence-electron chi connectivity index (χ3n) is 3.05. The van der Waals surface area contributed by atoms with Gasteiger partial charge in [0, 0.05) is 13.5 Å². The van der Waals surface area contributed by atoms with E-state index in [1.807, 2.05) is 30.3 Å². The molecule has 0 radical (unpaired) electrons. The van der Waals surface area contributed by atoms with Crippen molar-refractivity contribution in [2.24, 2.45) is 7.05 Å². The molecule has 0 aliphatic rings. The number of nitrogens with zero attached hydrogens (tertiary/aromatic N) is 2. The van der Waals surface area contributed by atoms with Crippen LogP contribution in [0.3, 0.4) is 0 Å². The Morgan fingerprint density at radius 3 is 2.42 bits per heavy atom. The molecule has 0 fully saturated rings. The largest absolute Gasteiger partial charge is 0.294 e. The Morgan fingerprint density at radius 2 is 1.84 bits per heavy atom. The second-order valence-corrected chi connectivity index (χ2v) is 4.57. The van der Waals surface area contributed by atoms with Crippen molar-refractivity contribution in [1.29, 1.82) is 0 Å². The number of aromatic nitrogens is 2. The van der Waals surface area contributed by atoms with E-state index >= 15 is 0 Å². The standard InChI is InChI=1S/C15H16N2O2/c1-10-14(11(2)18)15(17(3)16-10)13(19)9-12-7-5-4-6-8-12/h4-8H,9H2,1-3H3. The molecule has 0 amide bonds. The van der Waals surface area contributed by atoms with Crippen molar-refractivity contribution < 1.29 is 9.59 Å². The Labute approximate surface area is 112 Å². The van der Waals surface area contributed by atoms with E-state index in [0.717, 1.165) is 5.56 Å². The molecule has 0 unspecified atom stereocenters. The van der Waals surface area contributed by atoms with Crippen molar-refractivity contribution in [3.05, 3.63) is 52.8 Å². The summed E-state index contributed by atoms with van der Waals surface area (Å²) in [7, 11) is 1.69. The lowest BCUT2D eigenvalue weighted by Gasteiger charge is -2.04.